The lowest BCUT2D eigenvalue weighted by Crippen LogP contribution is -2.50. The van der Waals surface area contributed by atoms with Crippen LogP contribution in [0, 0.1) is 0 Å². The second-order valence-electron chi connectivity index (χ2n) is 6.57. The number of benzene rings is 1. The molecule has 24 heavy (non-hydrogen) atoms. The fraction of sp³-hybridized carbons (Fsp3) is 0.529. The van der Waals surface area contributed by atoms with Crippen molar-refractivity contribution < 1.29 is 5.11 Å². The first-order valence-electron chi connectivity index (χ1n) is 8.34. The largest absolute Gasteiger partial charge is 0.395 e. The summed E-state index contributed by atoms with van der Waals surface area (Å²) in [5.41, 5.74) is 0.576. The molecule has 7 heteroatoms. The number of aliphatic hydroxyl groups excluding tert-OH is 1. The number of rotatable bonds is 2. The molecule has 0 aliphatic carbocycles. The van der Waals surface area contributed by atoms with E-state index in [0.29, 0.717) is 40.1 Å². The normalized spacial score (nSPS) is 24.0. The van der Waals surface area contributed by atoms with Crippen LogP contribution in [-0.2, 0) is 6.54 Å². The number of likely N-dealkylation sites (tertiary alicyclic amines) is 1. The number of β-amino-alcohol motifs (C(OH)–C–C–N with tert-alkyl or cyclic N) is 1. The lowest BCUT2D eigenvalue weighted by atomic mass is 9.84. The fourth-order valence-electron chi connectivity index (χ4n) is 4.21. The number of hydrogen-bond acceptors (Lipinski definition) is 4. The van der Waals surface area contributed by atoms with E-state index in [1.54, 1.807) is 16.7 Å². The van der Waals surface area contributed by atoms with Gasteiger partial charge in [-0.3, -0.25) is 14.3 Å². The quantitative estimate of drug-likeness (QED) is 0.886. The summed E-state index contributed by atoms with van der Waals surface area (Å²) in [5.74, 6) is 1.08. The molecule has 128 valence electrons. The molecule has 1 saturated heterocycles. The first-order valence-corrected chi connectivity index (χ1v) is 9.10. The molecule has 3 heterocycles. The zero-order chi connectivity index (χ0) is 16.8. The number of nitrogens with zero attached hydrogens (tertiary/aromatic N) is 3. The highest BCUT2D eigenvalue weighted by molar-refractivity contribution is 6.42. The topological polar surface area (TPSA) is 58.4 Å². The third-order valence-corrected chi connectivity index (χ3v) is 6.01. The average Bonchev–Trinajstić information content (AvgIpc) is 2.57. The van der Waals surface area contributed by atoms with Gasteiger partial charge in [-0.1, -0.05) is 23.2 Å². The number of halogens is 2. The van der Waals surface area contributed by atoms with Gasteiger partial charge in [0.25, 0.3) is 5.56 Å². The van der Waals surface area contributed by atoms with Gasteiger partial charge in [0.15, 0.2) is 0 Å². The molecule has 0 saturated carbocycles. The van der Waals surface area contributed by atoms with Crippen LogP contribution in [-0.4, -0.2) is 45.3 Å². The number of aliphatic hydroxyl groups is 1. The maximum absolute atomic E-state index is 12.9. The summed E-state index contributed by atoms with van der Waals surface area (Å²) in [5, 5.41) is 10.6. The van der Waals surface area contributed by atoms with Crippen LogP contribution in [0.25, 0.3) is 10.9 Å². The Bertz CT molecular complexity index is 850. The minimum absolute atomic E-state index is 0.0358. The summed E-state index contributed by atoms with van der Waals surface area (Å²) in [6.07, 6.45) is 2.98. The Morgan fingerprint density at radius 3 is 2.79 bits per heavy atom. The molecule has 2 aliphatic heterocycles. The average molecular weight is 368 g/mol. The maximum Gasteiger partial charge on any atom is 0.261 e. The SMILES string of the molecule is O=c1c2cc(Cl)c(Cl)cc2nc2n1CC[C@@H]1[C@@H]2CCCN1CCO. The molecule has 5 nitrogen and oxygen atoms in total. The van der Waals surface area contributed by atoms with Gasteiger partial charge in [0.05, 0.1) is 27.6 Å². The lowest BCUT2D eigenvalue weighted by molar-refractivity contribution is 0.0768. The van der Waals surface area contributed by atoms with Gasteiger partial charge in [-0.15, -0.1) is 0 Å². The van der Waals surface area contributed by atoms with Crippen molar-refractivity contribution in [3.8, 4) is 0 Å². The third-order valence-electron chi connectivity index (χ3n) is 5.29. The first-order chi connectivity index (χ1) is 11.6. The van der Waals surface area contributed by atoms with E-state index in [2.05, 4.69) is 4.90 Å². The van der Waals surface area contributed by atoms with Gasteiger partial charge < -0.3 is 5.11 Å². The summed E-state index contributed by atoms with van der Waals surface area (Å²) < 4.78 is 1.80. The highest BCUT2D eigenvalue weighted by atomic mass is 35.5. The van der Waals surface area contributed by atoms with E-state index >= 15 is 0 Å². The van der Waals surface area contributed by atoms with Crippen LogP contribution >= 0.6 is 23.2 Å². The molecule has 0 bridgehead atoms. The molecule has 1 aromatic heterocycles. The zero-order valence-corrected chi connectivity index (χ0v) is 14.7. The molecule has 2 atom stereocenters. The van der Waals surface area contributed by atoms with E-state index in [-0.39, 0.29) is 18.1 Å². The van der Waals surface area contributed by atoms with E-state index in [1.165, 1.54) is 0 Å². The van der Waals surface area contributed by atoms with E-state index in [4.69, 9.17) is 28.2 Å². The van der Waals surface area contributed by atoms with Crippen molar-refractivity contribution in [1.82, 2.24) is 14.5 Å². The van der Waals surface area contributed by atoms with E-state index in [9.17, 15) is 9.90 Å². The molecule has 2 aliphatic rings. The van der Waals surface area contributed by atoms with Crippen LogP contribution in [0.1, 0.15) is 31.0 Å². The smallest absolute Gasteiger partial charge is 0.261 e. The van der Waals surface area contributed by atoms with Crippen molar-refractivity contribution in [2.75, 3.05) is 19.7 Å². The number of piperidine rings is 1. The van der Waals surface area contributed by atoms with Crippen molar-refractivity contribution in [1.29, 1.82) is 0 Å². The monoisotopic (exact) mass is 367 g/mol. The fourth-order valence-corrected chi connectivity index (χ4v) is 4.53. The molecular formula is C17H19Cl2N3O2. The molecule has 1 fully saturated rings. The number of aromatic nitrogens is 2. The van der Waals surface area contributed by atoms with Crippen LogP contribution in [0.2, 0.25) is 10.0 Å². The van der Waals surface area contributed by atoms with Crippen molar-refractivity contribution >= 4 is 34.1 Å². The predicted octanol–water partition coefficient (Wildman–Crippen LogP) is 2.65. The highest BCUT2D eigenvalue weighted by Gasteiger charge is 2.38. The summed E-state index contributed by atoms with van der Waals surface area (Å²) in [7, 11) is 0. The van der Waals surface area contributed by atoms with Crippen molar-refractivity contribution in [2.24, 2.45) is 0 Å². The Balaban J connectivity index is 1.85. The van der Waals surface area contributed by atoms with Crippen LogP contribution in [0.5, 0.6) is 0 Å². The minimum Gasteiger partial charge on any atom is -0.395 e. The van der Waals surface area contributed by atoms with E-state index in [1.807, 2.05) is 0 Å². The Kier molecular flexibility index (Phi) is 4.29. The molecule has 0 radical (unpaired) electrons. The van der Waals surface area contributed by atoms with Crippen LogP contribution in [0.3, 0.4) is 0 Å². The van der Waals surface area contributed by atoms with Crippen LogP contribution in [0.4, 0.5) is 0 Å². The summed E-state index contributed by atoms with van der Waals surface area (Å²) in [4.78, 5) is 20.0. The Morgan fingerprint density at radius 1 is 1.21 bits per heavy atom. The maximum atomic E-state index is 12.9. The van der Waals surface area contributed by atoms with Gasteiger partial charge in [-0.25, -0.2) is 4.98 Å². The van der Waals surface area contributed by atoms with Gasteiger partial charge in [0.1, 0.15) is 5.82 Å². The lowest BCUT2D eigenvalue weighted by Gasteiger charge is -2.44. The second kappa shape index (κ2) is 6.30. The summed E-state index contributed by atoms with van der Waals surface area (Å²) in [6.45, 7) is 2.50. The van der Waals surface area contributed by atoms with Crippen molar-refractivity contribution in [3.63, 3.8) is 0 Å². The molecule has 0 amide bonds. The van der Waals surface area contributed by atoms with E-state index < -0.39 is 0 Å². The van der Waals surface area contributed by atoms with Crippen LogP contribution < -0.4 is 5.56 Å². The third kappa shape index (κ3) is 2.54. The van der Waals surface area contributed by atoms with Crippen LogP contribution in [0.15, 0.2) is 16.9 Å². The molecular weight excluding hydrogens is 349 g/mol. The molecule has 2 aromatic rings. The van der Waals surface area contributed by atoms with Gasteiger partial charge in [0.2, 0.25) is 0 Å². The minimum atomic E-state index is -0.0358. The number of fused-ring (bicyclic) bond motifs is 4. The Hall–Kier alpha value is -1.14. The molecule has 1 aromatic carbocycles. The van der Waals surface area contributed by atoms with E-state index in [0.717, 1.165) is 31.6 Å². The standard InChI is InChI=1S/C17H19Cl2N3O2/c18-12-8-11-14(9-13(12)19)20-16-10-2-1-4-21(6-7-23)15(10)3-5-22(16)17(11)24/h8-10,15,23H,1-7H2/t10-,15+/m0/s1. The molecule has 1 N–H and O–H groups in total. The van der Waals surface area contributed by atoms with Crippen molar-refractivity contribution in [2.45, 2.75) is 37.8 Å². The Labute approximate surface area is 149 Å². The van der Waals surface area contributed by atoms with Gasteiger partial charge in [-0.05, 0) is 37.9 Å². The first kappa shape index (κ1) is 16.3. The van der Waals surface area contributed by atoms with Gasteiger partial charge >= 0.3 is 0 Å². The molecule has 4 rings (SSSR count). The predicted molar refractivity (Wildman–Crippen MR) is 95.1 cm³/mol. The highest BCUT2D eigenvalue weighted by Crippen LogP contribution is 2.37. The van der Waals surface area contributed by atoms with Crippen molar-refractivity contribution in [3.05, 3.63) is 38.4 Å². The summed E-state index contributed by atoms with van der Waals surface area (Å²) in [6, 6.07) is 3.64. The second-order valence-corrected chi connectivity index (χ2v) is 7.39. The van der Waals surface area contributed by atoms with Gasteiger partial charge in [0, 0.05) is 25.0 Å². The number of hydrogen-bond donors (Lipinski definition) is 1. The Morgan fingerprint density at radius 2 is 2.00 bits per heavy atom. The van der Waals surface area contributed by atoms with Gasteiger partial charge in [-0.2, -0.15) is 0 Å². The summed E-state index contributed by atoms with van der Waals surface area (Å²) >= 11 is 12.2. The molecule has 0 spiro atoms. The zero-order valence-electron chi connectivity index (χ0n) is 13.2. The molecule has 0 unspecified atom stereocenters.